The Bertz CT molecular complexity index is 1270. The van der Waals surface area contributed by atoms with Crippen molar-refractivity contribution >= 4 is 28.0 Å². The number of aromatic amines is 1. The number of halogens is 1. The Morgan fingerprint density at radius 1 is 1.21 bits per heavy atom. The van der Waals surface area contributed by atoms with E-state index in [0.29, 0.717) is 22.2 Å². The van der Waals surface area contributed by atoms with Gasteiger partial charge < -0.3 is 21.2 Å². The number of aromatic nitrogens is 3. The standard InChI is InChI=1S/C19H15FN6O3/c1-29-14-4-2-3-9-10(7-23-17(9)14)16-11(20)8-24-19(25-16)15-12(21)5-6-13(22)18(15)26(27)28/h2-8,23H,21-22H2,1H3. The lowest BCUT2D eigenvalue weighted by atomic mass is 10.1. The molecule has 0 saturated carbocycles. The molecule has 0 aliphatic rings. The molecule has 2 aromatic heterocycles. The van der Waals surface area contributed by atoms with Crippen LogP contribution in [0.25, 0.3) is 33.5 Å². The monoisotopic (exact) mass is 394 g/mol. The van der Waals surface area contributed by atoms with Gasteiger partial charge in [-0.15, -0.1) is 0 Å². The van der Waals surface area contributed by atoms with Gasteiger partial charge in [0, 0.05) is 22.8 Å². The van der Waals surface area contributed by atoms with E-state index in [1.165, 1.54) is 19.2 Å². The lowest BCUT2D eigenvalue weighted by Gasteiger charge is -2.09. The van der Waals surface area contributed by atoms with Crippen LogP contribution in [0.3, 0.4) is 0 Å². The first-order chi connectivity index (χ1) is 13.9. The molecular weight excluding hydrogens is 379 g/mol. The number of benzene rings is 2. The van der Waals surface area contributed by atoms with Crippen molar-refractivity contribution < 1.29 is 14.1 Å². The summed E-state index contributed by atoms with van der Waals surface area (Å²) in [6.45, 7) is 0. The quantitative estimate of drug-likeness (QED) is 0.273. The molecule has 0 unspecified atom stereocenters. The zero-order chi connectivity index (χ0) is 20.7. The highest BCUT2D eigenvalue weighted by Crippen LogP contribution is 2.39. The summed E-state index contributed by atoms with van der Waals surface area (Å²) in [6.07, 6.45) is 2.53. The summed E-state index contributed by atoms with van der Waals surface area (Å²) in [6, 6.07) is 8.05. The van der Waals surface area contributed by atoms with Crippen LogP contribution in [0.5, 0.6) is 5.75 Å². The van der Waals surface area contributed by atoms with Crippen LogP contribution in [-0.4, -0.2) is 27.0 Å². The third-order valence-corrected chi connectivity index (χ3v) is 4.54. The van der Waals surface area contributed by atoms with Gasteiger partial charge >= 0.3 is 5.69 Å². The molecule has 0 fully saturated rings. The predicted molar refractivity (Wildman–Crippen MR) is 107 cm³/mol. The topological polar surface area (TPSA) is 146 Å². The van der Waals surface area contributed by atoms with Crippen LogP contribution in [0.1, 0.15) is 0 Å². The van der Waals surface area contributed by atoms with Gasteiger partial charge in [-0.25, -0.2) is 14.4 Å². The number of nitro groups is 1. The van der Waals surface area contributed by atoms with Gasteiger partial charge in [0.25, 0.3) is 0 Å². The first-order valence-electron chi connectivity index (χ1n) is 8.42. The molecule has 9 nitrogen and oxygen atoms in total. The number of para-hydroxylation sites is 1. The molecule has 0 aliphatic heterocycles. The summed E-state index contributed by atoms with van der Waals surface area (Å²) in [4.78, 5) is 22.1. The van der Waals surface area contributed by atoms with E-state index in [1.54, 1.807) is 24.4 Å². The molecular formula is C19H15FN6O3. The van der Waals surface area contributed by atoms with E-state index in [9.17, 15) is 14.5 Å². The number of nitrogens with two attached hydrogens (primary N) is 2. The van der Waals surface area contributed by atoms with Crippen LogP contribution in [0.15, 0.2) is 42.7 Å². The molecule has 0 amide bonds. The van der Waals surface area contributed by atoms with Gasteiger partial charge in [0.1, 0.15) is 22.7 Å². The minimum atomic E-state index is -0.692. The number of methoxy groups -OCH3 is 1. The number of fused-ring (bicyclic) bond motifs is 1. The van der Waals surface area contributed by atoms with E-state index in [0.717, 1.165) is 6.20 Å². The summed E-state index contributed by atoms with van der Waals surface area (Å²) >= 11 is 0. The van der Waals surface area contributed by atoms with Gasteiger partial charge in [0.05, 0.1) is 23.7 Å². The maximum Gasteiger partial charge on any atom is 0.305 e. The Labute approximate surface area is 163 Å². The van der Waals surface area contributed by atoms with Gasteiger partial charge in [0.15, 0.2) is 11.6 Å². The Hall–Kier alpha value is -4.21. The number of H-pyrrole nitrogens is 1. The summed E-state index contributed by atoms with van der Waals surface area (Å²) in [5.74, 6) is -0.211. The number of nitrogen functional groups attached to an aromatic ring is 2. The van der Waals surface area contributed by atoms with Crippen LogP contribution in [-0.2, 0) is 0 Å². The molecule has 2 heterocycles. The summed E-state index contributed by atoms with van der Waals surface area (Å²) in [7, 11) is 1.53. The number of hydrogen-bond acceptors (Lipinski definition) is 7. The largest absolute Gasteiger partial charge is 0.495 e. The lowest BCUT2D eigenvalue weighted by Crippen LogP contribution is -2.04. The predicted octanol–water partition coefficient (Wildman–Crippen LogP) is 3.51. The number of rotatable bonds is 4. The van der Waals surface area contributed by atoms with E-state index in [-0.39, 0.29) is 28.5 Å². The molecule has 4 rings (SSSR count). The van der Waals surface area contributed by atoms with Crippen molar-refractivity contribution in [2.24, 2.45) is 0 Å². The number of hydrogen-bond donors (Lipinski definition) is 3. The highest BCUT2D eigenvalue weighted by Gasteiger charge is 2.26. The molecule has 2 aromatic carbocycles. The fourth-order valence-electron chi connectivity index (χ4n) is 3.22. The first-order valence-corrected chi connectivity index (χ1v) is 8.42. The van der Waals surface area contributed by atoms with Gasteiger partial charge in [-0.1, -0.05) is 12.1 Å². The second-order valence-corrected chi connectivity index (χ2v) is 6.20. The summed E-state index contributed by atoms with van der Waals surface area (Å²) in [5, 5.41) is 12.2. The maximum absolute atomic E-state index is 14.6. The molecule has 4 aromatic rings. The third kappa shape index (κ3) is 2.87. The van der Waals surface area contributed by atoms with E-state index in [2.05, 4.69) is 15.0 Å². The minimum absolute atomic E-state index is 0.0365. The molecule has 0 bridgehead atoms. The molecule has 0 aliphatic carbocycles. The zero-order valence-corrected chi connectivity index (χ0v) is 15.1. The van der Waals surface area contributed by atoms with Crippen molar-refractivity contribution in [1.82, 2.24) is 15.0 Å². The van der Waals surface area contributed by atoms with Crippen LogP contribution in [0.2, 0.25) is 0 Å². The maximum atomic E-state index is 14.6. The SMILES string of the molecule is COc1cccc2c(-c3nc(-c4c(N)ccc(N)c4[N+](=O)[O-])ncc3F)c[nH]c12. The minimum Gasteiger partial charge on any atom is -0.495 e. The normalized spacial score (nSPS) is 11.0. The van der Waals surface area contributed by atoms with Crippen molar-refractivity contribution in [1.29, 1.82) is 0 Å². The molecule has 0 saturated heterocycles. The first kappa shape index (κ1) is 18.2. The molecule has 5 N–H and O–H groups in total. The zero-order valence-electron chi connectivity index (χ0n) is 15.1. The molecule has 0 atom stereocenters. The number of nitrogens with zero attached hydrogens (tertiary/aromatic N) is 3. The second-order valence-electron chi connectivity index (χ2n) is 6.20. The Morgan fingerprint density at radius 3 is 2.69 bits per heavy atom. The fraction of sp³-hybridized carbons (Fsp3) is 0.0526. The Kier molecular flexibility index (Phi) is 4.23. The Morgan fingerprint density at radius 2 is 1.97 bits per heavy atom. The van der Waals surface area contributed by atoms with E-state index >= 15 is 0 Å². The highest BCUT2D eigenvalue weighted by atomic mass is 19.1. The number of ether oxygens (including phenoxy) is 1. The summed E-state index contributed by atoms with van der Waals surface area (Å²) in [5.41, 5.74) is 12.2. The van der Waals surface area contributed by atoms with E-state index in [1.807, 2.05) is 0 Å². The van der Waals surface area contributed by atoms with Crippen molar-refractivity contribution in [3.8, 4) is 28.4 Å². The lowest BCUT2D eigenvalue weighted by molar-refractivity contribution is -0.383. The van der Waals surface area contributed by atoms with Crippen LogP contribution in [0, 0.1) is 15.9 Å². The van der Waals surface area contributed by atoms with Gasteiger partial charge in [-0.05, 0) is 18.2 Å². The second kappa shape index (κ2) is 6.75. The van der Waals surface area contributed by atoms with Gasteiger partial charge in [-0.2, -0.15) is 0 Å². The average molecular weight is 394 g/mol. The van der Waals surface area contributed by atoms with Crippen molar-refractivity contribution in [2.45, 2.75) is 0 Å². The molecule has 10 heteroatoms. The molecule has 0 radical (unpaired) electrons. The van der Waals surface area contributed by atoms with Gasteiger partial charge in [-0.3, -0.25) is 10.1 Å². The number of nitrogens with one attached hydrogen (secondary N) is 1. The van der Waals surface area contributed by atoms with Crippen LogP contribution < -0.4 is 16.2 Å². The average Bonchev–Trinajstić information content (AvgIpc) is 3.14. The van der Waals surface area contributed by atoms with Crippen LogP contribution in [0.4, 0.5) is 21.5 Å². The smallest absolute Gasteiger partial charge is 0.305 e. The highest BCUT2D eigenvalue weighted by molar-refractivity contribution is 5.98. The number of anilines is 2. The third-order valence-electron chi connectivity index (χ3n) is 4.54. The van der Waals surface area contributed by atoms with E-state index in [4.69, 9.17) is 16.2 Å². The molecule has 146 valence electrons. The fourth-order valence-corrected chi connectivity index (χ4v) is 3.22. The van der Waals surface area contributed by atoms with Crippen molar-refractivity contribution in [2.75, 3.05) is 18.6 Å². The molecule has 0 spiro atoms. The summed E-state index contributed by atoms with van der Waals surface area (Å²) < 4.78 is 19.9. The van der Waals surface area contributed by atoms with Gasteiger partial charge in [0.2, 0.25) is 0 Å². The van der Waals surface area contributed by atoms with Crippen molar-refractivity contribution in [3.05, 3.63) is 58.7 Å². The van der Waals surface area contributed by atoms with Crippen LogP contribution >= 0.6 is 0 Å². The number of nitro benzene ring substituents is 1. The Balaban J connectivity index is 1.97. The molecule has 29 heavy (non-hydrogen) atoms. The van der Waals surface area contributed by atoms with E-state index < -0.39 is 16.4 Å². The van der Waals surface area contributed by atoms with Crippen molar-refractivity contribution in [3.63, 3.8) is 0 Å².